The summed E-state index contributed by atoms with van der Waals surface area (Å²) in [5, 5.41) is 8.11. The Morgan fingerprint density at radius 1 is 1.39 bits per heavy atom. The summed E-state index contributed by atoms with van der Waals surface area (Å²) in [5.41, 5.74) is 6.28. The van der Waals surface area contributed by atoms with Crippen molar-refractivity contribution in [1.82, 2.24) is 0 Å². The van der Waals surface area contributed by atoms with Crippen LogP contribution in [-0.4, -0.2) is 31.9 Å². The summed E-state index contributed by atoms with van der Waals surface area (Å²) in [4.78, 5) is 0. The summed E-state index contributed by atoms with van der Waals surface area (Å²) in [6.07, 6.45) is 3.40. The van der Waals surface area contributed by atoms with Crippen LogP contribution in [0, 0.1) is 0 Å². The molecule has 0 saturated heterocycles. The van der Waals surface area contributed by atoms with Crippen LogP contribution in [0.1, 0.15) is 5.56 Å². The molecule has 0 saturated carbocycles. The SMILES string of the molecule is COc1cc(Br)cc(/C=N\N=C(/N)SC)c1OC. The Morgan fingerprint density at radius 2 is 2.11 bits per heavy atom. The average molecular weight is 332 g/mol. The molecule has 0 aliphatic heterocycles. The first-order valence-corrected chi connectivity index (χ1v) is 6.96. The minimum atomic E-state index is 0.396. The van der Waals surface area contributed by atoms with Gasteiger partial charge in [0.25, 0.3) is 0 Å². The highest BCUT2D eigenvalue weighted by molar-refractivity contribution is 9.10. The van der Waals surface area contributed by atoms with Crippen molar-refractivity contribution in [1.29, 1.82) is 0 Å². The van der Waals surface area contributed by atoms with E-state index in [9.17, 15) is 0 Å². The molecule has 98 valence electrons. The second kappa shape index (κ2) is 7.27. The Hall–Kier alpha value is -1.21. The summed E-state index contributed by atoms with van der Waals surface area (Å²) in [5.74, 6) is 1.22. The van der Waals surface area contributed by atoms with Gasteiger partial charge in [0.15, 0.2) is 16.7 Å². The first-order chi connectivity index (χ1) is 8.62. The van der Waals surface area contributed by atoms with Crippen LogP contribution in [0.2, 0.25) is 0 Å². The fourth-order valence-electron chi connectivity index (χ4n) is 1.24. The van der Waals surface area contributed by atoms with E-state index in [1.165, 1.54) is 11.8 Å². The van der Waals surface area contributed by atoms with E-state index in [1.807, 2.05) is 18.4 Å². The molecule has 0 heterocycles. The summed E-state index contributed by atoms with van der Waals surface area (Å²) < 4.78 is 11.4. The molecule has 2 N–H and O–H groups in total. The van der Waals surface area contributed by atoms with Gasteiger partial charge in [0, 0.05) is 10.0 Å². The number of rotatable bonds is 4. The normalized spacial score (nSPS) is 11.9. The fraction of sp³-hybridized carbons (Fsp3) is 0.273. The van der Waals surface area contributed by atoms with E-state index in [4.69, 9.17) is 15.2 Å². The lowest BCUT2D eigenvalue weighted by Crippen LogP contribution is -2.04. The molecule has 0 bridgehead atoms. The third-order valence-corrected chi connectivity index (χ3v) is 2.99. The molecule has 0 aliphatic rings. The van der Waals surface area contributed by atoms with Gasteiger partial charge in [-0.2, -0.15) is 5.10 Å². The van der Waals surface area contributed by atoms with Crippen LogP contribution >= 0.6 is 27.7 Å². The number of benzene rings is 1. The topological polar surface area (TPSA) is 69.2 Å². The number of amidine groups is 1. The van der Waals surface area contributed by atoms with E-state index in [0.29, 0.717) is 16.7 Å². The molecule has 1 rings (SSSR count). The van der Waals surface area contributed by atoms with Gasteiger partial charge in [0.05, 0.1) is 20.4 Å². The number of nitrogens with zero attached hydrogens (tertiary/aromatic N) is 2. The summed E-state index contributed by atoms with van der Waals surface area (Å²) in [7, 11) is 3.15. The molecule has 0 aliphatic carbocycles. The number of nitrogens with two attached hydrogens (primary N) is 1. The largest absolute Gasteiger partial charge is 0.493 e. The predicted octanol–water partition coefficient (Wildman–Crippen LogP) is 2.48. The van der Waals surface area contributed by atoms with Crippen molar-refractivity contribution < 1.29 is 9.47 Å². The van der Waals surface area contributed by atoms with E-state index in [-0.39, 0.29) is 0 Å². The van der Waals surface area contributed by atoms with Crippen molar-refractivity contribution in [3.05, 3.63) is 22.2 Å². The standard InChI is InChI=1S/C11H14BrN3O2S/c1-16-9-5-8(12)4-7(10(9)17-2)6-14-15-11(13)18-3/h4-6H,1-3H3,(H2,13,15)/b14-6-. The maximum atomic E-state index is 5.53. The van der Waals surface area contributed by atoms with Gasteiger partial charge < -0.3 is 15.2 Å². The molecule has 0 aromatic heterocycles. The number of hydrogen-bond donors (Lipinski definition) is 1. The molecule has 18 heavy (non-hydrogen) atoms. The first-order valence-electron chi connectivity index (χ1n) is 4.94. The lowest BCUT2D eigenvalue weighted by atomic mass is 10.2. The number of hydrogen-bond acceptors (Lipinski definition) is 5. The lowest BCUT2D eigenvalue weighted by Gasteiger charge is -2.10. The minimum Gasteiger partial charge on any atom is -0.493 e. The van der Waals surface area contributed by atoms with Gasteiger partial charge >= 0.3 is 0 Å². The van der Waals surface area contributed by atoms with E-state index in [0.717, 1.165) is 10.0 Å². The molecule has 0 radical (unpaired) electrons. The molecule has 5 nitrogen and oxygen atoms in total. The van der Waals surface area contributed by atoms with Crippen LogP contribution in [0.4, 0.5) is 0 Å². The van der Waals surface area contributed by atoms with Crippen LogP contribution in [-0.2, 0) is 0 Å². The van der Waals surface area contributed by atoms with Crippen molar-refractivity contribution in [3.8, 4) is 11.5 Å². The van der Waals surface area contributed by atoms with Gasteiger partial charge in [-0.3, -0.25) is 0 Å². The predicted molar refractivity (Wildman–Crippen MR) is 80.0 cm³/mol. The summed E-state index contributed by atoms with van der Waals surface area (Å²) in [6.45, 7) is 0. The van der Waals surface area contributed by atoms with Gasteiger partial charge in [0.1, 0.15) is 0 Å². The molecule has 0 unspecified atom stereocenters. The fourth-order valence-corrected chi connectivity index (χ4v) is 1.83. The summed E-state index contributed by atoms with van der Waals surface area (Å²) in [6, 6.07) is 3.67. The number of thioether (sulfide) groups is 1. The van der Waals surface area contributed by atoms with E-state index in [1.54, 1.807) is 20.4 Å². The van der Waals surface area contributed by atoms with Crippen LogP contribution in [0.5, 0.6) is 11.5 Å². The molecule has 7 heteroatoms. The van der Waals surface area contributed by atoms with Crippen LogP contribution < -0.4 is 15.2 Å². The van der Waals surface area contributed by atoms with E-state index < -0.39 is 0 Å². The molecular formula is C11H14BrN3O2S. The maximum Gasteiger partial charge on any atom is 0.180 e. The molecule has 1 aromatic carbocycles. The second-order valence-corrected chi connectivity index (χ2v) is 4.86. The smallest absolute Gasteiger partial charge is 0.180 e. The zero-order chi connectivity index (χ0) is 13.5. The maximum absolute atomic E-state index is 5.53. The Balaban J connectivity index is 3.11. The average Bonchev–Trinajstić information content (AvgIpc) is 2.37. The van der Waals surface area contributed by atoms with Gasteiger partial charge in [-0.25, -0.2) is 0 Å². The second-order valence-electron chi connectivity index (χ2n) is 3.12. The first kappa shape index (κ1) is 14.8. The monoisotopic (exact) mass is 331 g/mol. The zero-order valence-corrected chi connectivity index (χ0v) is 12.7. The highest BCUT2D eigenvalue weighted by atomic mass is 79.9. The third-order valence-electron chi connectivity index (χ3n) is 2.03. The van der Waals surface area contributed by atoms with Gasteiger partial charge in [-0.15, -0.1) is 5.10 Å². The number of methoxy groups -OCH3 is 2. The van der Waals surface area contributed by atoms with Gasteiger partial charge in [-0.05, 0) is 18.4 Å². The van der Waals surface area contributed by atoms with Crippen molar-refractivity contribution in [2.24, 2.45) is 15.9 Å². The number of ether oxygens (including phenoxy) is 2. The zero-order valence-electron chi connectivity index (χ0n) is 10.3. The third kappa shape index (κ3) is 3.92. The van der Waals surface area contributed by atoms with E-state index >= 15 is 0 Å². The molecule has 0 amide bonds. The van der Waals surface area contributed by atoms with Gasteiger partial charge in [0.2, 0.25) is 0 Å². The molecule has 0 fully saturated rings. The van der Waals surface area contributed by atoms with Crippen molar-refractivity contribution in [2.75, 3.05) is 20.5 Å². The minimum absolute atomic E-state index is 0.396. The Bertz CT molecular complexity index is 478. The quantitative estimate of drug-likeness (QED) is 0.522. The Labute approximate surface area is 119 Å². The van der Waals surface area contributed by atoms with Crippen molar-refractivity contribution in [3.63, 3.8) is 0 Å². The number of halogens is 1. The van der Waals surface area contributed by atoms with Crippen molar-refractivity contribution >= 4 is 39.1 Å². The van der Waals surface area contributed by atoms with Gasteiger partial charge in [-0.1, -0.05) is 27.7 Å². The Kier molecular flexibility index (Phi) is 6.00. The molecular weight excluding hydrogens is 318 g/mol. The molecule has 1 aromatic rings. The summed E-state index contributed by atoms with van der Waals surface area (Å²) >= 11 is 4.72. The lowest BCUT2D eigenvalue weighted by molar-refractivity contribution is 0.354. The Morgan fingerprint density at radius 3 is 2.67 bits per heavy atom. The molecule has 0 atom stereocenters. The van der Waals surface area contributed by atoms with Crippen LogP contribution in [0.25, 0.3) is 0 Å². The van der Waals surface area contributed by atoms with Crippen molar-refractivity contribution in [2.45, 2.75) is 0 Å². The highest BCUT2D eigenvalue weighted by Gasteiger charge is 2.09. The molecule has 0 spiro atoms. The van der Waals surface area contributed by atoms with Crippen LogP contribution in [0.15, 0.2) is 26.8 Å². The van der Waals surface area contributed by atoms with Crippen LogP contribution in [0.3, 0.4) is 0 Å². The highest BCUT2D eigenvalue weighted by Crippen LogP contribution is 2.33. The van der Waals surface area contributed by atoms with E-state index in [2.05, 4.69) is 26.1 Å².